The van der Waals surface area contributed by atoms with E-state index in [1.54, 1.807) is 28.9 Å². The molecule has 1 N–H and O–H groups in total. The Hall–Kier alpha value is -2.70. The van der Waals surface area contributed by atoms with E-state index >= 15 is 0 Å². The molecule has 0 unspecified atom stereocenters. The number of halogens is 2. The van der Waals surface area contributed by atoms with Crippen LogP contribution in [0, 0.1) is 12.7 Å². The van der Waals surface area contributed by atoms with Gasteiger partial charge in [0.25, 0.3) is 5.91 Å². The molecule has 0 aliphatic heterocycles. The Labute approximate surface area is 164 Å². The highest BCUT2D eigenvalue weighted by atomic mass is 35.5. The van der Waals surface area contributed by atoms with E-state index in [9.17, 15) is 9.18 Å². The normalized spacial score (nSPS) is 11.1. The van der Waals surface area contributed by atoms with E-state index in [0.29, 0.717) is 21.3 Å². The van der Waals surface area contributed by atoms with Gasteiger partial charge in [-0.15, -0.1) is 11.3 Å². The predicted octanol–water partition coefficient (Wildman–Crippen LogP) is 5.50. The van der Waals surface area contributed by atoms with Crippen LogP contribution in [0.1, 0.15) is 20.9 Å². The molecule has 0 saturated carbocycles. The molecule has 4 nitrogen and oxygen atoms in total. The zero-order valence-electron chi connectivity index (χ0n) is 14.4. The van der Waals surface area contributed by atoms with Gasteiger partial charge in [0.1, 0.15) is 10.7 Å². The largest absolute Gasteiger partial charge is 0.304 e. The summed E-state index contributed by atoms with van der Waals surface area (Å²) in [6.07, 6.45) is 0. The number of benzene rings is 2. The van der Waals surface area contributed by atoms with Gasteiger partial charge in [-0.1, -0.05) is 48.0 Å². The second-order valence-electron chi connectivity index (χ2n) is 6.12. The Bertz CT molecular complexity index is 1150. The number of anilines is 1. The summed E-state index contributed by atoms with van der Waals surface area (Å²) in [5.74, 6) is -0.186. The Balaban J connectivity index is 1.57. The average molecular weight is 400 g/mol. The highest BCUT2D eigenvalue weighted by Gasteiger charge is 2.18. The number of nitrogens with one attached hydrogen (secondary N) is 1. The van der Waals surface area contributed by atoms with Crippen molar-refractivity contribution in [2.24, 2.45) is 0 Å². The maximum Gasteiger partial charge on any atom is 0.268 e. The number of carbonyl (C=O) groups is 1. The van der Waals surface area contributed by atoms with Gasteiger partial charge in [0.05, 0.1) is 11.6 Å². The highest BCUT2D eigenvalue weighted by Crippen LogP contribution is 2.35. The second-order valence-corrected chi connectivity index (χ2v) is 7.55. The van der Waals surface area contributed by atoms with E-state index in [2.05, 4.69) is 10.4 Å². The van der Waals surface area contributed by atoms with Crippen molar-refractivity contribution < 1.29 is 9.18 Å². The third-order valence-corrected chi connectivity index (χ3v) is 5.92. The molecule has 0 saturated heterocycles. The smallest absolute Gasteiger partial charge is 0.268 e. The molecule has 1 amide bonds. The first kappa shape index (κ1) is 17.7. The molecular formula is C20H15ClFN3OS. The second kappa shape index (κ2) is 7.13. The van der Waals surface area contributed by atoms with E-state index in [-0.39, 0.29) is 18.3 Å². The molecule has 136 valence electrons. The number of aryl methyl sites for hydroxylation is 1. The number of thiophene rings is 1. The summed E-state index contributed by atoms with van der Waals surface area (Å²) < 4.78 is 16.5. The molecule has 2 aromatic carbocycles. The van der Waals surface area contributed by atoms with Crippen LogP contribution in [0.3, 0.4) is 0 Å². The SMILES string of the molecule is Cc1cc(NC(=O)c2sc3ccccc3c2Cl)nn1Cc1ccccc1F. The molecule has 0 fully saturated rings. The molecule has 2 aromatic heterocycles. The molecular weight excluding hydrogens is 385 g/mol. The topological polar surface area (TPSA) is 46.9 Å². The van der Waals surface area contributed by atoms with Crippen LogP contribution < -0.4 is 5.32 Å². The van der Waals surface area contributed by atoms with Gasteiger partial charge in [-0.2, -0.15) is 5.10 Å². The van der Waals surface area contributed by atoms with Crippen molar-refractivity contribution in [3.05, 3.63) is 81.6 Å². The lowest BCUT2D eigenvalue weighted by atomic mass is 10.2. The van der Waals surface area contributed by atoms with Crippen molar-refractivity contribution in [3.8, 4) is 0 Å². The third-order valence-electron chi connectivity index (χ3n) is 4.24. The molecule has 0 bridgehead atoms. The van der Waals surface area contributed by atoms with Crippen LogP contribution in [0.5, 0.6) is 0 Å². The molecule has 2 heterocycles. The van der Waals surface area contributed by atoms with E-state index in [1.807, 2.05) is 31.2 Å². The molecule has 0 atom stereocenters. The lowest BCUT2D eigenvalue weighted by Gasteiger charge is -2.05. The maximum atomic E-state index is 13.9. The van der Waals surface area contributed by atoms with Gasteiger partial charge in [-0.25, -0.2) is 4.39 Å². The number of fused-ring (bicyclic) bond motifs is 1. The van der Waals surface area contributed by atoms with Gasteiger partial charge < -0.3 is 5.32 Å². The van der Waals surface area contributed by atoms with Gasteiger partial charge in [0, 0.05) is 27.4 Å². The Kier molecular flexibility index (Phi) is 4.68. The fourth-order valence-electron chi connectivity index (χ4n) is 2.85. The average Bonchev–Trinajstić information content (AvgIpc) is 3.17. The number of aromatic nitrogens is 2. The quantitative estimate of drug-likeness (QED) is 0.492. The summed E-state index contributed by atoms with van der Waals surface area (Å²) in [4.78, 5) is 13.1. The zero-order valence-corrected chi connectivity index (χ0v) is 15.9. The van der Waals surface area contributed by atoms with Gasteiger partial charge in [-0.05, 0) is 19.1 Å². The van der Waals surface area contributed by atoms with Crippen molar-refractivity contribution >= 4 is 44.7 Å². The number of hydrogen-bond acceptors (Lipinski definition) is 3. The number of nitrogens with zero attached hydrogens (tertiary/aromatic N) is 2. The molecule has 4 rings (SSSR count). The lowest BCUT2D eigenvalue weighted by molar-refractivity contribution is 0.103. The van der Waals surface area contributed by atoms with Crippen molar-refractivity contribution in [1.82, 2.24) is 9.78 Å². The minimum absolute atomic E-state index is 0.282. The minimum atomic E-state index is -0.309. The summed E-state index contributed by atoms with van der Waals surface area (Å²) in [5, 5.41) is 8.46. The summed E-state index contributed by atoms with van der Waals surface area (Å²) in [5.41, 5.74) is 1.35. The fourth-order valence-corrected chi connectivity index (χ4v) is 4.26. The Morgan fingerprint density at radius 1 is 1.22 bits per heavy atom. The monoisotopic (exact) mass is 399 g/mol. The number of carbonyl (C=O) groups excluding carboxylic acids is 1. The highest BCUT2D eigenvalue weighted by molar-refractivity contribution is 7.21. The Morgan fingerprint density at radius 3 is 2.74 bits per heavy atom. The van der Waals surface area contributed by atoms with Crippen LogP contribution in [0.4, 0.5) is 10.2 Å². The molecule has 27 heavy (non-hydrogen) atoms. The first-order valence-corrected chi connectivity index (χ1v) is 9.48. The van der Waals surface area contributed by atoms with Crippen LogP contribution in [0.2, 0.25) is 5.02 Å². The van der Waals surface area contributed by atoms with Gasteiger partial charge in [0.2, 0.25) is 0 Å². The predicted molar refractivity (Wildman–Crippen MR) is 107 cm³/mol. The van der Waals surface area contributed by atoms with Crippen LogP contribution in [-0.2, 0) is 6.54 Å². The van der Waals surface area contributed by atoms with E-state index in [0.717, 1.165) is 15.8 Å². The lowest BCUT2D eigenvalue weighted by Crippen LogP contribution is -2.12. The number of amides is 1. The summed E-state index contributed by atoms with van der Waals surface area (Å²) in [7, 11) is 0. The summed E-state index contributed by atoms with van der Waals surface area (Å²) >= 11 is 7.70. The zero-order chi connectivity index (χ0) is 19.0. The molecule has 0 spiro atoms. The van der Waals surface area contributed by atoms with Crippen molar-refractivity contribution in [2.45, 2.75) is 13.5 Å². The van der Waals surface area contributed by atoms with E-state index in [4.69, 9.17) is 11.6 Å². The molecule has 0 aliphatic rings. The van der Waals surface area contributed by atoms with Crippen molar-refractivity contribution in [3.63, 3.8) is 0 Å². The standard InChI is InChI=1S/C20H15ClFN3OS/c1-12-10-17(24-25(12)11-13-6-2-4-8-15(13)22)23-20(26)19-18(21)14-7-3-5-9-16(14)27-19/h2-10H,11H2,1H3,(H,23,24,26). The van der Waals surface area contributed by atoms with Crippen molar-refractivity contribution in [2.75, 3.05) is 5.32 Å². The number of hydrogen-bond donors (Lipinski definition) is 1. The van der Waals surface area contributed by atoms with E-state index in [1.165, 1.54) is 17.4 Å². The summed E-state index contributed by atoms with van der Waals surface area (Å²) in [6, 6.07) is 15.9. The Morgan fingerprint density at radius 2 is 1.96 bits per heavy atom. The maximum absolute atomic E-state index is 13.9. The molecule has 0 aliphatic carbocycles. The van der Waals surface area contributed by atoms with Crippen LogP contribution in [0.25, 0.3) is 10.1 Å². The van der Waals surface area contributed by atoms with E-state index < -0.39 is 0 Å². The van der Waals surface area contributed by atoms with Gasteiger partial charge in [-0.3, -0.25) is 9.48 Å². The summed E-state index contributed by atoms with van der Waals surface area (Å²) in [6.45, 7) is 2.15. The van der Waals surface area contributed by atoms with Gasteiger partial charge >= 0.3 is 0 Å². The molecule has 7 heteroatoms. The van der Waals surface area contributed by atoms with Crippen molar-refractivity contribution in [1.29, 1.82) is 0 Å². The first-order chi connectivity index (χ1) is 13.0. The third kappa shape index (κ3) is 3.46. The molecule has 4 aromatic rings. The minimum Gasteiger partial charge on any atom is -0.304 e. The van der Waals surface area contributed by atoms with Gasteiger partial charge in [0.15, 0.2) is 5.82 Å². The molecule has 0 radical (unpaired) electrons. The van der Waals surface area contributed by atoms with Crippen LogP contribution in [-0.4, -0.2) is 15.7 Å². The number of rotatable bonds is 4. The first-order valence-electron chi connectivity index (χ1n) is 8.29. The van der Waals surface area contributed by atoms with Crippen LogP contribution in [0.15, 0.2) is 54.6 Å². The van der Waals surface area contributed by atoms with Crippen LogP contribution >= 0.6 is 22.9 Å². The fraction of sp³-hybridized carbons (Fsp3) is 0.100.